The van der Waals surface area contributed by atoms with Crippen LogP contribution in [0.1, 0.15) is 41.9 Å². The second-order valence-electron chi connectivity index (χ2n) is 5.72. The summed E-state index contributed by atoms with van der Waals surface area (Å²) in [5, 5.41) is 5.38. The molecule has 0 aliphatic heterocycles. The van der Waals surface area contributed by atoms with Gasteiger partial charge in [-0.25, -0.2) is 4.98 Å². The van der Waals surface area contributed by atoms with Crippen molar-refractivity contribution in [3.63, 3.8) is 0 Å². The summed E-state index contributed by atoms with van der Waals surface area (Å²) >= 11 is 3.01. The van der Waals surface area contributed by atoms with Gasteiger partial charge < -0.3 is 4.52 Å². The number of thiophene rings is 1. The van der Waals surface area contributed by atoms with Gasteiger partial charge in [0.25, 0.3) is 5.56 Å². The standard InChI is InChI=1S/C16H20N4O2S2/c1-5-6-7-11-17-12(22-19-11)8-23-16-18-14-13(15(21)20(16)4)9(2)10(3)24-14/h5-8H2,1-4H3. The molecule has 0 aromatic carbocycles. The minimum Gasteiger partial charge on any atom is -0.338 e. The fraction of sp³-hybridized carbons (Fsp3) is 0.500. The van der Waals surface area contributed by atoms with Crippen LogP contribution in [0, 0.1) is 13.8 Å². The summed E-state index contributed by atoms with van der Waals surface area (Å²) < 4.78 is 6.87. The van der Waals surface area contributed by atoms with E-state index in [1.807, 2.05) is 13.8 Å². The first-order chi connectivity index (χ1) is 11.5. The molecule has 3 rings (SSSR count). The van der Waals surface area contributed by atoms with Gasteiger partial charge in [-0.15, -0.1) is 11.3 Å². The predicted molar refractivity (Wildman–Crippen MR) is 96.8 cm³/mol. The predicted octanol–water partition coefficient (Wildman–Crippen LogP) is 3.63. The van der Waals surface area contributed by atoms with Crippen LogP contribution in [-0.4, -0.2) is 19.7 Å². The van der Waals surface area contributed by atoms with Gasteiger partial charge in [0.15, 0.2) is 11.0 Å². The molecule has 3 aromatic rings. The molecule has 128 valence electrons. The summed E-state index contributed by atoms with van der Waals surface area (Å²) in [6.45, 7) is 6.12. The monoisotopic (exact) mass is 364 g/mol. The molecule has 8 heteroatoms. The number of hydrogen-bond donors (Lipinski definition) is 0. The highest BCUT2D eigenvalue weighted by molar-refractivity contribution is 7.98. The lowest BCUT2D eigenvalue weighted by Gasteiger charge is -2.05. The van der Waals surface area contributed by atoms with E-state index >= 15 is 0 Å². The van der Waals surface area contributed by atoms with Crippen LogP contribution in [0.5, 0.6) is 0 Å². The Morgan fingerprint density at radius 2 is 2.08 bits per heavy atom. The van der Waals surface area contributed by atoms with Crippen molar-refractivity contribution in [1.82, 2.24) is 19.7 Å². The molecule has 0 unspecified atom stereocenters. The summed E-state index contributed by atoms with van der Waals surface area (Å²) in [4.78, 5) is 23.5. The van der Waals surface area contributed by atoms with Crippen LogP contribution in [0.15, 0.2) is 14.5 Å². The summed E-state index contributed by atoms with van der Waals surface area (Å²) in [5.74, 6) is 1.82. The lowest BCUT2D eigenvalue weighted by Crippen LogP contribution is -2.19. The largest absolute Gasteiger partial charge is 0.338 e. The van der Waals surface area contributed by atoms with Crippen LogP contribution in [0.25, 0.3) is 10.2 Å². The Kier molecular flexibility index (Phi) is 5.05. The molecule has 0 amide bonds. The third-order valence-electron chi connectivity index (χ3n) is 3.96. The fourth-order valence-corrected chi connectivity index (χ4v) is 4.28. The number of unbranched alkanes of at least 4 members (excludes halogenated alkanes) is 1. The maximum absolute atomic E-state index is 12.6. The highest BCUT2D eigenvalue weighted by atomic mass is 32.2. The van der Waals surface area contributed by atoms with Crippen molar-refractivity contribution in [2.45, 2.75) is 50.9 Å². The normalized spacial score (nSPS) is 11.5. The first-order valence-corrected chi connectivity index (χ1v) is 9.72. The lowest BCUT2D eigenvalue weighted by molar-refractivity contribution is 0.384. The molecule has 0 saturated heterocycles. The van der Waals surface area contributed by atoms with E-state index in [4.69, 9.17) is 4.52 Å². The quantitative estimate of drug-likeness (QED) is 0.491. The smallest absolute Gasteiger partial charge is 0.262 e. The van der Waals surface area contributed by atoms with Gasteiger partial charge in [-0.05, 0) is 25.8 Å². The van der Waals surface area contributed by atoms with Crippen molar-refractivity contribution in [3.05, 3.63) is 32.5 Å². The molecule has 0 aliphatic rings. The van der Waals surface area contributed by atoms with E-state index in [1.165, 1.54) is 11.8 Å². The number of hydrogen-bond acceptors (Lipinski definition) is 7. The van der Waals surface area contributed by atoms with Crippen molar-refractivity contribution in [2.24, 2.45) is 7.05 Å². The second-order valence-corrected chi connectivity index (χ2v) is 7.86. The van der Waals surface area contributed by atoms with Crippen molar-refractivity contribution >= 4 is 33.3 Å². The molecular formula is C16H20N4O2S2. The highest BCUT2D eigenvalue weighted by Crippen LogP contribution is 2.28. The molecule has 0 fully saturated rings. The van der Waals surface area contributed by atoms with Crippen LogP contribution in [0.4, 0.5) is 0 Å². The molecule has 0 bridgehead atoms. The Bertz CT molecular complexity index is 926. The minimum atomic E-state index is -0.00138. The van der Waals surface area contributed by atoms with Crippen LogP contribution in [-0.2, 0) is 19.2 Å². The number of fused-ring (bicyclic) bond motifs is 1. The zero-order valence-electron chi connectivity index (χ0n) is 14.3. The molecular weight excluding hydrogens is 344 g/mol. The molecule has 0 N–H and O–H groups in total. The molecule has 0 spiro atoms. The van der Waals surface area contributed by atoms with Crippen LogP contribution < -0.4 is 5.56 Å². The number of aromatic nitrogens is 4. The molecule has 0 radical (unpaired) electrons. The van der Waals surface area contributed by atoms with Gasteiger partial charge >= 0.3 is 0 Å². The van der Waals surface area contributed by atoms with E-state index in [0.717, 1.165) is 45.7 Å². The van der Waals surface area contributed by atoms with Crippen molar-refractivity contribution in [2.75, 3.05) is 0 Å². The van der Waals surface area contributed by atoms with Gasteiger partial charge in [0.2, 0.25) is 5.89 Å². The van der Waals surface area contributed by atoms with Crippen molar-refractivity contribution in [3.8, 4) is 0 Å². The molecule has 3 heterocycles. The fourth-order valence-electron chi connectivity index (χ4n) is 2.40. The lowest BCUT2D eigenvalue weighted by atomic mass is 10.2. The van der Waals surface area contributed by atoms with Gasteiger partial charge in [-0.1, -0.05) is 30.3 Å². The Morgan fingerprint density at radius 1 is 1.29 bits per heavy atom. The number of nitrogens with zero attached hydrogens (tertiary/aromatic N) is 4. The SMILES string of the molecule is CCCCc1noc(CSc2nc3sc(C)c(C)c3c(=O)n2C)n1. The zero-order chi connectivity index (χ0) is 17.3. The Balaban J connectivity index is 1.81. The molecule has 0 saturated carbocycles. The number of rotatable bonds is 6. The van der Waals surface area contributed by atoms with E-state index in [9.17, 15) is 4.79 Å². The minimum absolute atomic E-state index is 0.00138. The summed E-state index contributed by atoms with van der Waals surface area (Å²) in [7, 11) is 1.75. The highest BCUT2D eigenvalue weighted by Gasteiger charge is 2.16. The van der Waals surface area contributed by atoms with E-state index in [2.05, 4.69) is 22.0 Å². The van der Waals surface area contributed by atoms with E-state index in [-0.39, 0.29) is 5.56 Å². The van der Waals surface area contributed by atoms with Crippen molar-refractivity contribution in [1.29, 1.82) is 0 Å². The molecule has 0 aliphatic carbocycles. The topological polar surface area (TPSA) is 73.8 Å². The molecule has 3 aromatic heterocycles. The van der Waals surface area contributed by atoms with E-state index in [1.54, 1.807) is 23.0 Å². The molecule has 0 atom stereocenters. The maximum atomic E-state index is 12.6. The Morgan fingerprint density at radius 3 is 2.83 bits per heavy atom. The van der Waals surface area contributed by atoms with E-state index < -0.39 is 0 Å². The molecule has 6 nitrogen and oxygen atoms in total. The van der Waals surface area contributed by atoms with E-state index in [0.29, 0.717) is 16.8 Å². The maximum Gasteiger partial charge on any atom is 0.262 e. The summed E-state index contributed by atoms with van der Waals surface area (Å²) in [6.07, 6.45) is 2.99. The van der Waals surface area contributed by atoms with Gasteiger partial charge in [0, 0.05) is 18.3 Å². The molecule has 24 heavy (non-hydrogen) atoms. The first kappa shape index (κ1) is 17.2. The zero-order valence-corrected chi connectivity index (χ0v) is 15.9. The van der Waals surface area contributed by atoms with Crippen LogP contribution in [0.3, 0.4) is 0 Å². The van der Waals surface area contributed by atoms with Gasteiger partial charge in [0.05, 0.1) is 11.1 Å². The third kappa shape index (κ3) is 3.25. The summed E-state index contributed by atoms with van der Waals surface area (Å²) in [5.41, 5.74) is 1.02. The average molecular weight is 364 g/mol. The van der Waals surface area contributed by atoms with Gasteiger partial charge in [-0.3, -0.25) is 9.36 Å². The van der Waals surface area contributed by atoms with Crippen molar-refractivity contribution < 1.29 is 4.52 Å². The van der Waals surface area contributed by atoms with Gasteiger partial charge in [0.1, 0.15) is 4.83 Å². The van der Waals surface area contributed by atoms with Gasteiger partial charge in [-0.2, -0.15) is 4.98 Å². The first-order valence-electron chi connectivity index (χ1n) is 7.92. The third-order valence-corrected chi connectivity index (χ3v) is 6.07. The van der Waals surface area contributed by atoms with Crippen LogP contribution in [0.2, 0.25) is 0 Å². The second kappa shape index (κ2) is 7.06. The average Bonchev–Trinajstić information content (AvgIpc) is 3.12. The summed E-state index contributed by atoms with van der Waals surface area (Å²) in [6, 6.07) is 0. The number of aryl methyl sites for hydroxylation is 3. The Hall–Kier alpha value is -1.67. The number of thioether (sulfide) groups is 1. The van der Waals surface area contributed by atoms with Crippen LogP contribution >= 0.6 is 23.1 Å². The Labute approximate surface area is 148 Å².